The van der Waals surface area contributed by atoms with Crippen LogP contribution in [0.25, 0.3) is 5.69 Å². The lowest BCUT2D eigenvalue weighted by molar-refractivity contribution is -0.118. The zero-order chi connectivity index (χ0) is 12.3. The number of benzene rings is 1. The molecule has 1 amide bonds. The molecule has 1 aromatic carbocycles. The summed E-state index contributed by atoms with van der Waals surface area (Å²) >= 11 is 0. The summed E-state index contributed by atoms with van der Waals surface area (Å²) in [6, 6.07) is 7.45. The van der Waals surface area contributed by atoms with Gasteiger partial charge in [-0.15, -0.1) is 0 Å². The second-order valence-corrected chi connectivity index (χ2v) is 4.03. The summed E-state index contributed by atoms with van der Waals surface area (Å²) in [6.07, 6.45) is 3.11. The Morgan fingerprint density at radius 2 is 2.00 bits per heavy atom. The SMILES string of the molecule is CC(C)C(=O)Nc1ccc(-n2cncn2)cc1. The van der Waals surface area contributed by atoms with Gasteiger partial charge in [0.05, 0.1) is 5.69 Å². The first kappa shape index (κ1) is 11.3. The summed E-state index contributed by atoms with van der Waals surface area (Å²) < 4.78 is 1.66. The normalized spacial score (nSPS) is 10.5. The monoisotopic (exact) mass is 230 g/mol. The molecule has 0 aliphatic heterocycles. The Bertz CT molecular complexity index is 488. The first-order valence-corrected chi connectivity index (χ1v) is 5.43. The van der Waals surface area contributed by atoms with Crippen LogP contribution in [0.15, 0.2) is 36.9 Å². The van der Waals surface area contributed by atoms with E-state index in [1.807, 2.05) is 38.1 Å². The Labute approximate surface area is 99.5 Å². The molecule has 88 valence electrons. The van der Waals surface area contributed by atoms with Gasteiger partial charge in [0.15, 0.2) is 0 Å². The van der Waals surface area contributed by atoms with Crippen molar-refractivity contribution in [3.63, 3.8) is 0 Å². The molecule has 0 atom stereocenters. The van der Waals surface area contributed by atoms with Crippen LogP contribution in [0.5, 0.6) is 0 Å². The highest BCUT2D eigenvalue weighted by Crippen LogP contribution is 2.13. The molecule has 0 saturated heterocycles. The number of hydrogen-bond acceptors (Lipinski definition) is 3. The maximum Gasteiger partial charge on any atom is 0.226 e. The minimum Gasteiger partial charge on any atom is -0.326 e. The smallest absolute Gasteiger partial charge is 0.226 e. The van der Waals surface area contributed by atoms with Gasteiger partial charge in [-0.3, -0.25) is 4.79 Å². The van der Waals surface area contributed by atoms with Crippen molar-refractivity contribution in [2.24, 2.45) is 5.92 Å². The number of hydrogen-bond donors (Lipinski definition) is 1. The number of carbonyl (C=O) groups excluding carboxylic acids is 1. The van der Waals surface area contributed by atoms with Crippen molar-refractivity contribution < 1.29 is 4.79 Å². The van der Waals surface area contributed by atoms with Gasteiger partial charge in [-0.05, 0) is 24.3 Å². The first-order chi connectivity index (χ1) is 8.16. The molecule has 5 nitrogen and oxygen atoms in total. The van der Waals surface area contributed by atoms with Gasteiger partial charge >= 0.3 is 0 Å². The number of nitrogens with zero attached hydrogens (tertiary/aromatic N) is 3. The van der Waals surface area contributed by atoms with Crippen LogP contribution in [-0.2, 0) is 4.79 Å². The summed E-state index contributed by atoms with van der Waals surface area (Å²) in [7, 11) is 0. The number of nitrogens with one attached hydrogen (secondary N) is 1. The van der Waals surface area contributed by atoms with Gasteiger partial charge in [-0.2, -0.15) is 5.10 Å². The molecule has 1 heterocycles. The number of carbonyl (C=O) groups is 1. The van der Waals surface area contributed by atoms with Crippen molar-refractivity contribution in [3.8, 4) is 5.69 Å². The van der Waals surface area contributed by atoms with Crippen molar-refractivity contribution >= 4 is 11.6 Å². The zero-order valence-corrected chi connectivity index (χ0v) is 9.79. The molecule has 5 heteroatoms. The van der Waals surface area contributed by atoms with E-state index in [9.17, 15) is 4.79 Å². The minimum absolute atomic E-state index is 0.0125. The van der Waals surface area contributed by atoms with E-state index in [-0.39, 0.29) is 11.8 Å². The topological polar surface area (TPSA) is 59.8 Å². The third kappa shape index (κ3) is 2.69. The number of aromatic nitrogens is 3. The predicted molar refractivity (Wildman–Crippen MR) is 64.8 cm³/mol. The molecular weight excluding hydrogens is 216 g/mol. The molecular formula is C12H14N4O. The van der Waals surface area contributed by atoms with Gasteiger partial charge in [0.2, 0.25) is 5.91 Å². The van der Waals surface area contributed by atoms with Crippen LogP contribution in [0, 0.1) is 5.92 Å². The maximum absolute atomic E-state index is 11.5. The van der Waals surface area contributed by atoms with Crippen molar-refractivity contribution in [1.82, 2.24) is 14.8 Å². The molecule has 2 aromatic rings. The highest BCUT2D eigenvalue weighted by atomic mass is 16.1. The van der Waals surface area contributed by atoms with Crippen LogP contribution < -0.4 is 5.32 Å². The molecule has 0 bridgehead atoms. The molecule has 2 rings (SSSR count). The summed E-state index contributed by atoms with van der Waals surface area (Å²) in [6.45, 7) is 3.72. The van der Waals surface area contributed by atoms with E-state index >= 15 is 0 Å². The quantitative estimate of drug-likeness (QED) is 0.875. The van der Waals surface area contributed by atoms with Crippen LogP contribution in [0.3, 0.4) is 0 Å². The summed E-state index contributed by atoms with van der Waals surface area (Å²) in [5.41, 5.74) is 1.69. The fourth-order valence-electron chi connectivity index (χ4n) is 1.33. The molecule has 0 aliphatic rings. The van der Waals surface area contributed by atoms with Gasteiger partial charge < -0.3 is 5.32 Å². The van der Waals surface area contributed by atoms with Crippen molar-refractivity contribution in [1.29, 1.82) is 0 Å². The summed E-state index contributed by atoms with van der Waals surface area (Å²) in [5, 5.41) is 6.85. The molecule has 0 radical (unpaired) electrons. The van der Waals surface area contributed by atoms with Gasteiger partial charge in [-0.25, -0.2) is 9.67 Å². The Hall–Kier alpha value is -2.17. The molecule has 0 fully saturated rings. The lowest BCUT2D eigenvalue weighted by Crippen LogP contribution is -2.17. The second kappa shape index (κ2) is 4.78. The van der Waals surface area contributed by atoms with E-state index < -0.39 is 0 Å². The standard InChI is InChI=1S/C12H14N4O/c1-9(2)12(17)15-10-3-5-11(6-4-10)16-8-13-7-14-16/h3-9H,1-2H3,(H,15,17). The fourth-order valence-corrected chi connectivity index (χ4v) is 1.33. The molecule has 1 aromatic heterocycles. The van der Waals surface area contributed by atoms with Gasteiger partial charge in [0, 0.05) is 11.6 Å². The van der Waals surface area contributed by atoms with Crippen LogP contribution in [-0.4, -0.2) is 20.7 Å². The van der Waals surface area contributed by atoms with Crippen LogP contribution in [0.2, 0.25) is 0 Å². The third-order valence-electron chi connectivity index (χ3n) is 2.34. The van der Waals surface area contributed by atoms with Crippen LogP contribution in [0.1, 0.15) is 13.8 Å². The highest BCUT2D eigenvalue weighted by Gasteiger charge is 2.06. The van der Waals surface area contributed by atoms with E-state index in [0.29, 0.717) is 0 Å². The maximum atomic E-state index is 11.5. The van der Waals surface area contributed by atoms with Crippen LogP contribution in [0.4, 0.5) is 5.69 Å². The average Bonchev–Trinajstić information content (AvgIpc) is 2.83. The molecule has 0 spiro atoms. The van der Waals surface area contributed by atoms with Crippen molar-refractivity contribution in [2.75, 3.05) is 5.32 Å². The Morgan fingerprint density at radius 1 is 1.29 bits per heavy atom. The minimum atomic E-state index is -0.0232. The lowest BCUT2D eigenvalue weighted by atomic mass is 10.2. The molecule has 0 aliphatic carbocycles. The first-order valence-electron chi connectivity index (χ1n) is 5.43. The summed E-state index contributed by atoms with van der Waals surface area (Å²) in [5.74, 6) is -0.0107. The third-order valence-corrected chi connectivity index (χ3v) is 2.34. The second-order valence-electron chi connectivity index (χ2n) is 4.03. The Kier molecular flexibility index (Phi) is 3.18. The molecule has 0 saturated carbocycles. The van der Waals surface area contributed by atoms with Gasteiger partial charge in [0.25, 0.3) is 0 Å². The predicted octanol–water partition coefficient (Wildman–Crippen LogP) is 1.86. The molecule has 1 N–H and O–H groups in total. The average molecular weight is 230 g/mol. The molecule has 0 unspecified atom stereocenters. The number of rotatable bonds is 3. The fraction of sp³-hybridized carbons (Fsp3) is 0.250. The van der Waals surface area contributed by atoms with Crippen LogP contribution >= 0.6 is 0 Å². The van der Waals surface area contributed by atoms with E-state index in [0.717, 1.165) is 11.4 Å². The van der Waals surface area contributed by atoms with E-state index in [1.54, 1.807) is 11.0 Å². The zero-order valence-electron chi connectivity index (χ0n) is 9.79. The van der Waals surface area contributed by atoms with E-state index in [2.05, 4.69) is 15.4 Å². The lowest BCUT2D eigenvalue weighted by Gasteiger charge is -2.08. The summed E-state index contributed by atoms with van der Waals surface area (Å²) in [4.78, 5) is 15.4. The van der Waals surface area contributed by atoms with Gasteiger partial charge in [0.1, 0.15) is 12.7 Å². The van der Waals surface area contributed by atoms with E-state index in [4.69, 9.17) is 0 Å². The number of anilines is 1. The highest BCUT2D eigenvalue weighted by molar-refractivity contribution is 5.92. The van der Waals surface area contributed by atoms with E-state index in [1.165, 1.54) is 6.33 Å². The largest absolute Gasteiger partial charge is 0.326 e. The number of amides is 1. The van der Waals surface area contributed by atoms with Gasteiger partial charge in [-0.1, -0.05) is 13.8 Å². The Morgan fingerprint density at radius 3 is 2.53 bits per heavy atom. The van der Waals surface area contributed by atoms with Crippen molar-refractivity contribution in [2.45, 2.75) is 13.8 Å². The van der Waals surface area contributed by atoms with Crippen molar-refractivity contribution in [3.05, 3.63) is 36.9 Å². The molecule has 17 heavy (non-hydrogen) atoms. The Balaban J connectivity index is 2.11.